The van der Waals surface area contributed by atoms with Crippen molar-refractivity contribution < 1.29 is 23.5 Å². The Morgan fingerprint density at radius 1 is 1.06 bits per heavy atom. The van der Waals surface area contributed by atoms with E-state index in [2.05, 4.69) is 0 Å². The molecule has 0 N–H and O–H groups in total. The zero-order chi connectivity index (χ0) is 23.4. The van der Waals surface area contributed by atoms with Crippen LogP contribution in [0.4, 0.5) is 9.18 Å². The van der Waals surface area contributed by atoms with Gasteiger partial charge in [-0.15, -0.1) is 0 Å². The van der Waals surface area contributed by atoms with E-state index in [-0.39, 0.29) is 16.5 Å². The van der Waals surface area contributed by atoms with Crippen molar-refractivity contribution in [2.75, 3.05) is 7.11 Å². The smallest absolute Gasteiger partial charge is 0.293 e. The zero-order valence-corrected chi connectivity index (χ0v) is 19.2. The van der Waals surface area contributed by atoms with Crippen molar-refractivity contribution in [3.05, 3.63) is 99.2 Å². The van der Waals surface area contributed by atoms with Gasteiger partial charge in [0, 0.05) is 10.6 Å². The first-order valence-corrected chi connectivity index (χ1v) is 11.2. The molecule has 0 atom stereocenters. The van der Waals surface area contributed by atoms with Gasteiger partial charge in [0.2, 0.25) is 0 Å². The normalized spacial score (nSPS) is 14.8. The first-order chi connectivity index (χ1) is 16.0. The summed E-state index contributed by atoms with van der Waals surface area (Å²) in [7, 11) is 1.54. The first kappa shape index (κ1) is 22.9. The first-order valence-electron chi connectivity index (χ1n) is 9.99. The van der Waals surface area contributed by atoms with Gasteiger partial charge in [0.15, 0.2) is 11.5 Å². The summed E-state index contributed by atoms with van der Waals surface area (Å²) in [6, 6.07) is 18.8. The number of para-hydroxylation sites is 1. The molecule has 3 aromatic rings. The number of hydrogen-bond acceptors (Lipinski definition) is 5. The molecule has 0 bridgehead atoms. The standard InChI is InChI=1S/C25H19ClFNO4S/c1-31-21-9-5-8-17(23(21)32-15-16-6-3-2-4-7-16)12-22-24(29)28(25(30)33-22)14-18-10-11-19(27)13-20(18)26/h2-13H,14-15H2,1H3/b22-12-. The van der Waals surface area contributed by atoms with E-state index in [1.165, 1.54) is 19.2 Å². The predicted octanol–water partition coefficient (Wildman–Crippen LogP) is 6.30. The molecule has 4 rings (SSSR count). The third-order valence-corrected chi connectivity index (χ3v) is 6.22. The molecule has 1 aliphatic heterocycles. The summed E-state index contributed by atoms with van der Waals surface area (Å²) in [6.07, 6.45) is 1.61. The Kier molecular flexibility index (Phi) is 7.01. The minimum atomic E-state index is -0.487. The number of imide groups is 1. The summed E-state index contributed by atoms with van der Waals surface area (Å²) in [5.74, 6) is 0.0373. The van der Waals surface area contributed by atoms with Crippen LogP contribution in [0.1, 0.15) is 16.7 Å². The van der Waals surface area contributed by atoms with E-state index >= 15 is 0 Å². The van der Waals surface area contributed by atoms with Crippen LogP contribution in [0, 0.1) is 5.82 Å². The third kappa shape index (κ3) is 5.21. The molecule has 33 heavy (non-hydrogen) atoms. The number of thioether (sulfide) groups is 1. The Morgan fingerprint density at radius 3 is 2.58 bits per heavy atom. The maximum absolute atomic E-state index is 13.3. The molecule has 1 saturated heterocycles. The molecule has 0 spiro atoms. The maximum Gasteiger partial charge on any atom is 0.293 e. The Bertz CT molecular complexity index is 1230. The van der Waals surface area contributed by atoms with Crippen LogP contribution in [-0.4, -0.2) is 23.2 Å². The summed E-state index contributed by atoms with van der Waals surface area (Å²) in [6.45, 7) is 0.267. The lowest BCUT2D eigenvalue weighted by molar-refractivity contribution is -0.123. The fourth-order valence-corrected chi connectivity index (χ4v) is 4.35. The van der Waals surface area contributed by atoms with E-state index in [9.17, 15) is 14.0 Å². The van der Waals surface area contributed by atoms with Gasteiger partial charge in [0.1, 0.15) is 12.4 Å². The van der Waals surface area contributed by atoms with Gasteiger partial charge in [-0.3, -0.25) is 14.5 Å². The Morgan fingerprint density at radius 2 is 1.85 bits per heavy atom. The number of methoxy groups -OCH3 is 1. The van der Waals surface area contributed by atoms with Gasteiger partial charge in [-0.2, -0.15) is 0 Å². The largest absolute Gasteiger partial charge is 0.493 e. The molecule has 1 fully saturated rings. The number of ether oxygens (including phenoxy) is 2. The van der Waals surface area contributed by atoms with Crippen LogP contribution in [0.2, 0.25) is 5.02 Å². The van der Waals surface area contributed by atoms with Gasteiger partial charge >= 0.3 is 0 Å². The summed E-state index contributed by atoms with van der Waals surface area (Å²) in [5.41, 5.74) is 2.07. The van der Waals surface area contributed by atoms with Crippen molar-refractivity contribution in [1.29, 1.82) is 0 Å². The van der Waals surface area contributed by atoms with Gasteiger partial charge < -0.3 is 9.47 Å². The van der Waals surface area contributed by atoms with Crippen molar-refractivity contribution in [3.8, 4) is 11.5 Å². The lowest BCUT2D eigenvalue weighted by Crippen LogP contribution is -2.27. The van der Waals surface area contributed by atoms with E-state index in [1.807, 2.05) is 30.3 Å². The van der Waals surface area contributed by atoms with Crippen LogP contribution in [0.15, 0.2) is 71.6 Å². The second kappa shape index (κ2) is 10.1. The van der Waals surface area contributed by atoms with E-state index in [0.29, 0.717) is 29.2 Å². The minimum Gasteiger partial charge on any atom is -0.493 e. The Labute approximate surface area is 199 Å². The van der Waals surface area contributed by atoms with Crippen LogP contribution >= 0.6 is 23.4 Å². The monoisotopic (exact) mass is 483 g/mol. The zero-order valence-electron chi connectivity index (χ0n) is 17.6. The number of nitrogens with zero attached hydrogens (tertiary/aromatic N) is 1. The average Bonchev–Trinajstić information content (AvgIpc) is 3.07. The highest BCUT2D eigenvalue weighted by molar-refractivity contribution is 8.18. The molecule has 1 heterocycles. The van der Waals surface area contributed by atoms with Gasteiger partial charge in [-0.25, -0.2) is 4.39 Å². The maximum atomic E-state index is 13.3. The van der Waals surface area contributed by atoms with Crippen molar-refractivity contribution in [3.63, 3.8) is 0 Å². The van der Waals surface area contributed by atoms with E-state index in [4.69, 9.17) is 21.1 Å². The summed E-state index contributed by atoms with van der Waals surface area (Å²) in [5, 5.41) is -0.274. The van der Waals surface area contributed by atoms with E-state index in [0.717, 1.165) is 28.3 Å². The molecule has 168 valence electrons. The van der Waals surface area contributed by atoms with Crippen molar-refractivity contribution in [1.82, 2.24) is 4.90 Å². The van der Waals surface area contributed by atoms with Gasteiger partial charge in [0.05, 0.1) is 18.6 Å². The fourth-order valence-electron chi connectivity index (χ4n) is 3.29. The molecule has 3 aromatic carbocycles. The average molecular weight is 484 g/mol. The summed E-state index contributed by atoms with van der Waals surface area (Å²) < 4.78 is 24.8. The van der Waals surface area contributed by atoms with Crippen molar-refractivity contribution >= 4 is 40.6 Å². The molecular formula is C25H19ClFNO4S. The van der Waals surface area contributed by atoms with Gasteiger partial charge in [0.25, 0.3) is 11.1 Å². The molecule has 1 aliphatic rings. The van der Waals surface area contributed by atoms with Gasteiger partial charge in [-0.05, 0) is 47.2 Å². The number of amides is 2. The van der Waals surface area contributed by atoms with E-state index in [1.54, 1.807) is 24.3 Å². The summed E-state index contributed by atoms with van der Waals surface area (Å²) in [4.78, 5) is 26.8. The highest BCUT2D eigenvalue weighted by atomic mass is 35.5. The van der Waals surface area contributed by atoms with Crippen LogP contribution in [0.3, 0.4) is 0 Å². The van der Waals surface area contributed by atoms with Crippen LogP contribution < -0.4 is 9.47 Å². The predicted molar refractivity (Wildman–Crippen MR) is 127 cm³/mol. The van der Waals surface area contributed by atoms with Crippen LogP contribution in [0.5, 0.6) is 11.5 Å². The second-order valence-electron chi connectivity index (χ2n) is 7.16. The number of benzene rings is 3. The number of hydrogen-bond donors (Lipinski definition) is 0. The Hall–Kier alpha value is -3.29. The molecule has 0 aliphatic carbocycles. The van der Waals surface area contributed by atoms with Crippen LogP contribution in [0.25, 0.3) is 6.08 Å². The van der Waals surface area contributed by atoms with E-state index < -0.39 is 17.0 Å². The number of carbonyl (C=O) groups excluding carboxylic acids is 2. The van der Waals surface area contributed by atoms with Crippen molar-refractivity contribution in [2.45, 2.75) is 13.2 Å². The quantitative estimate of drug-likeness (QED) is 0.369. The lowest BCUT2D eigenvalue weighted by atomic mass is 10.1. The minimum absolute atomic E-state index is 0.0450. The molecular weight excluding hydrogens is 465 g/mol. The second-order valence-corrected chi connectivity index (χ2v) is 8.56. The molecule has 2 amide bonds. The highest BCUT2D eigenvalue weighted by Gasteiger charge is 2.35. The molecule has 5 nitrogen and oxygen atoms in total. The van der Waals surface area contributed by atoms with Gasteiger partial charge in [-0.1, -0.05) is 60.1 Å². The molecule has 0 radical (unpaired) electrons. The topological polar surface area (TPSA) is 55.8 Å². The molecule has 0 aromatic heterocycles. The lowest BCUT2D eigenvalue weighted by Gasteiger charge is -2.14. The number of halogens is 2. The number of carbonyl (C=O) groups is 2. The molecule has 0 saturated carbocycles. The summed E-state index contributed by atoms with van der Waals surface area (Å²) >= 11 is 6.89. The van der Waals surface area contributed by atoms with Crippen molar-refractivity contribution in [2.24, 2.45) is 0 Å². The molecule has 8 heteroatoms. The number of rotatable bonds is 7. The highest BCUT2D eigenvalue weighted by Crippen LogP contribution is 2.38. The molecule has 0 unspecified atom stereocenters. The Balaban J connectivity index is 1.59. The fraction of sp³-hybridized carbons (Fsp3) is 0.120. The van der Waals surface area contributed by atoms with Crippen LogP contribution in [-0.2, 0) is 17.9 Å². The SMILES string of the molecule is COc1cccc(/C=C2\SC(=O)N(Cc3ccc(F)cc3Cl)C2=O)c1OCc1ccccc1. The third-order valence-electron chi connectivity index (χ3n) is 4.96.